The lowest BCUT2D eigenvalue weighted by molar-refractivity contribution is -0.140. The van der Waals surface area contributed by atoms with Crippen LogP contribution in [0, 0.1) is 5.41 Å². The molecule has 0 rings (SSSR count). The van der Waals surface area contributed by atoms with Gasteiger partial charge >= 0.3 is 0 Å². The van der Waals surface area contributed by atoms with E-state index in [0.29, 0.717) is 0 Å². The molecule has 0 aliphatic heterocycles. The van der Waals surface area contributed by atoms with E-state index in [1.807, 2.05) is 0 Å². The molecule has 0 aliphatic rings. The minimum Gasteiger partial charge on any atom is -0.370 e. The summed E-state index contributed by atoms with van der Waals surface area (Å²) < 4.78 is 0. The van der Waals surface area contributed by atoms with Gasteiger partial charge in [0.15, 0.2) is 6.29 Å². The van der Waals surface area contributed by atoms with Crippen molar-refractivity contribution >= 4 is 5.91 Å². The van der Waals surface area contributed by atoms with Crippen LogP contribution in [-0.4, -0.2) is 22.4 Å². The topological polar surface area (TPSA) is 83.6 Å². The maximum atomic E-state index is 10.3. The summed E-state index contributed by atoms with van der Waals surface area (Å²) >= 11 is 0. The zero-order chi connectivity index (χ0) is 8.36. The lowest BCUT2D eigenvalue weighted by Gasteiger charge is -2.24. The molecule has 0 radical (unpaired) electrons. The minimum atomic E-state index is -1.50. The molecule has 0 fully saturated rings. The van der Waals surface area contributed by atoms with E-state index in [0.717, 1.165) is 0 Å². The van der Waals surface area contributed by atoms with Gasteiger partial charge < -0.3 is 15.9 Å². The van der Waals surface area contributed by atoms with Crippen molar-refractivity contribution in [2.24, 2.45) is 11.1 Å². The van der Waals surface area contributed by atoms with Crippen molar-refractivity contribution in [1.82, 2.24) is 0 Å². The van der Waals surface area contributed by atoms with Gasteiger partial charge in [0.25, 0.3) is 0 Å². The molecular formula is C6H13NO3. The van der Waals surface area contributed by atoms with Gasteiger partial charge in [0.1, 0.15) is 0 Å². The Morgan fingerprint density at radius 3 is 2.10 bits per heavy atom. The minimum absolute atomic E-state index is 0.0231. The summed E-state index contributed by atoms with van der Waals surface area (Å²) in [5.41, 5.74) is 4.01. The van der Waals surface area contributed by atoms with Crippen molar-refractivity contribution < 1.29 is 15.0 Å². The molecule has 0 saturated heterocycles. The van der Waals surface area contributed by atoms with Gasteiger partial charge in [0, 0.05) is 11.8 Å². The summed E-state index contributed by atoms with van der Waals surface area (Å²) in [4.78, 5) is 10.3. The van der Waals surface area contributed by atoms with Crippen molar-refractivity contribution in [2.75, 3.05) is 0 Å². The van der Waals surface area contributed by atoms with Crippen LogP contribution in [0.2, 0.25) is 0 Å². The number of hydrogen-bond donors (Lipinski definition) is 3. The third-order valence-corrected chi connectivity index (χ3v) is 1.33. The highest BCUT2D eigenvalue weighted by Gasteiger charge is 2.27. The summed E-state index contributed by atoms with van der Waals surface area (Å²) in [5.74, 6) is -0.530. The molecule has 0 unspecified atom stereocenters. The van der Waals surface area contributed by atoms with E-state index < -0.39 is 17.6 Å². The van der Waals surface area contributed by atoms with E-state index in [1.165, 1.54) is 0 Å². The first-order valence-corrected chi connectivity index (χ1v) is 3.00. The molecule has 0 aromatic rings. The third-order valence-electron chi connectivity index (χ3n) is 1.33. The zero-order valence-corrected chi connectivity index (χ0v) is 6.16. The molecule has 0 aromatic carbocycles. The van der Waals surface area contributed by atoms with Gasteiger partial charge in [-0.3, -0.25) is 4.79 Å². The summed E-state index contributed by atoms with van der Waals surface area (Å²) in [6, 6.07) is 0. The average molecular weight is 147 g/mol. The molecule has 0 aliphatic carbocycles. The standard InChI is InChI=1S/C6H13NO3/c1-6(2,5(9)10)3-4(7)8/h5,9-10H,3H2,1-2H3,(H2,7,8). The van der Waals surface area contributed by atoms with Crippen LogP contribution in [0.3, 0.4) is 0 Å². The summed E-state index contributed by atoms with van der Waals surface area (Å²) in [7, 11) is 0. The molecule has 1 amide bonds. The van der Waals surface area contributed by atoms with E-state index in [-0.39, 0.29) is 6.42 Å². The zero-order valence-electron chi connectivity index (χ0n) is 6.16. The number of primary amides is 1. The highest BCUT2D eigenvalue weighted by Crippen LogP contribution is 2.22. The van der Waals surface area contributed by atoms with E-state index in [2.05, 4.69) is 0 Å². The molecule has 0 heterocycles. The first-order chi connectivity index (χ1) is 4.36. The lowest BCUT2D eigenvalue weighted by Crippen LogP contribution is -2.33. The summed E-state index contributed by atoms with van der Waals surface area (Å²) in [6.07, 6.45) is -1.52. The lowest BCUT2D eigenvalue weighted by atomic mass is 9.88. The number of carbonyl (C=O) groups is 1. The molecule has 4 heteroatoms. The van der Waals surface area contributed by atoms with Gasteiger partial charge in [-0.05, 0) is 0 Å². The van der Waals surface area contributed by atoms with Crippen molar-refractivity contribution in [3.63, 3.8) is 0 Å². The van der Waals surface area contributed by atoms with Gasteiger partial charge in [-0.1, -0.05) is 13.8 Å². The highest BCUT2D eigenvalue weighted by molar-refractivity contribution is 5.74. The van der Waals surface area contributed by atoms with Crippen LogP contribution in [0.4, 0.5) is 0 Å². The number of aliphatic hydroxyl groups is 2. The molecule has 0 spiro atoms. The van der Waals surface area contributed by atoms with Crippen molar-refractivity contribution in [3.8, 4) is 0 Å². The Bertz CT molecular complexity index is 131. The number of aliphatic hydroxyl groups excluding tert-OH is 1. The first kappa shape index (κ1) is 9.39. The van der Waals surface area contributed by atoms with Gasteiger partial charge in [0.2, 0.25) is 5.91 Å². The maximum Gasteiger partial charge on any atom is 0.218 e. The Morgan fingerprint density at radius 2 is 2.00 bits per heavy atom. The second-order valence-corrected chi connectivity index (χ2v) is 3.01. The second kappa shape index (κ2) is 2.98. The quantitative estimate of drug-likeness (QED) is 0.457. The summed E-state index contributed by atoms with van der Waals surface area (Å²) in [5, 5.41) is 17.4. The van der Waals surface area contributed by atoms with Gasteiger partial charge in [-0.15, -0.1) is 0 Å². The fourth-order valence-corrected chi connectivity index (χ4v) is 0.540. The molecular weight excluding hydrogens is 134 g/mol. The predicted molar refractivity (Wildman–Crippen MR) is 35.8 cm³/mol. The number of hydrogen-bond acceptors (Lipinski definition) is 3. The third kappa shape index (κ3) is 2.80. The van der Waals surface area contributed by atoms with E-state index in [4.69, 9.17) is 15.9 Å². The average Bonchev–Trinajstić information content (AvgIpc) is 1.60. The van der Waals surface area contributed by atoms with Gasteiger partial charge in [-0.2, -0.15) is 0 Å². The smallest absolute Gasteiger partial charge is 0.218 e. The van der Waals surface area contributed by atoms with Crippen LogP contribution in [-0.2, 0) is 4.79 Å². The SMILES string of the molecule is CC(C)(CC(N)=O)C(O)O. The molecule has 4 N–H and O–H groups in total. The molecule has 0 atom stereocenters. The number of nitrogens with two attached hydrogens (primary N) is 1. The van der Waals surface area contributed by atoms with Gasteiger partial charge in [0.05, 0.1) is 0 Å². The Hall–Kier alpha value is -0.610. The molecule has 0 saturated carbocycles. The van der Waals surface area contributed by atoms with E-state index in [9.17, 15) is 4.79 Å². The van der Waals surface area contributed by atoms with Crippen LogP contribution >= 0.6 is 0 Å². The molecule has 0 aromatic heterocycles. The maximum absolute atomic E-state index is 10.3. The van der Waals surface area contributed by atoms with Crippen molar-refractivity contribution in [3.05, 3.63) is 0 Å². The van der Waals surface area contributed by atoms with Gasteiger partial charge in [-0.25, -0.2) is 0 Å². The molecule has 0 bridgehead atoms. The largest absolute Gasteiger partial charge is 0.370 e. The normalized spacial score (nSPS) is 12.1. The molecule has 60 valence electrons. The van der Waals surface area contributed by atoms with Crippen LogP contribution in [0.5, 0.6) is 0 Å². The Kier molecular flexibility index (Phi) is 2.80. The predicted octanol–water partition coefficient (Wildman–Crippen LogP) is -0.801. The van der Waals surface area contributed by atoms with E-state index in [1.54, 1.807) is 13.8 Å². The van der Waals surface area contributed by atoms with Crippen LogP contribution in [0.25, 0.3) is 0 Å². The number of rotatable bonds is 3. The molecule has 4 nitrogen and oxygen atoms in total. The van der Waals surface area contributed by atoms with Crippen molar-refractivity contribution in [2.45, 2.75) is 26.6 Å². The molecule has 10 heavy (non-hydrogen) atoms. The first-order valence-electron chi connectivity index (χ1n) is 3.00. The van der Waals surface area contributed by atoms with E-state index >= 15 is 0 Å². The Balaban J connectivity index is 3.99. The van der Waals surface area contributed by atoms with Crippen LogP contribution < -0.4 is 5.73 Å². The fraction of sp³-hybridized carbons (Fsp3) is 0.833. The Morgan fingerprint density at radius 1 is 1.60 bits per heavy atom. The van der Waals surface area contributed by atoms with Crippen LogP contribution in [0.1, 0.15) is 20.3 Å². The van der Waals surface area contributed by atoms with Crippen molar-refractivity contribution in [1.29, 1.82) is 0 Å². The number of amides is 1. The second-order valence-electron chi connectivity index (χ2n) is 3.01. The number of carbonyl (C=O) groups excluding carboxylic acids is 1. The fourth-order valence-electron chi connectivity index (χ4n) is 0.540. The Labute approximate surface area is 59.7 Å². The van der Waals surface area contributed by atoms with Crippen LogP contribution in [0.15, 0.2) is 0 Å². The summed E-state index contributed by atoms with van der Waals surface area (Å²) in [6.45, 7) is 3.12. The monoisotopic (exact) mass is 147 g/mol. The highest BCUT2D eigenvalue weighted by atomic mass is 16.5.